The highest BCUT2D eigenvalue weighted by atomic mass is 32.1. The Morgan fingerprint density at radius 2 is 1.07 bits per heavy atom. The highest BCUT2D eigenvalue weighted by Crippen LogP contribution is 2.44. The number of hydrogen-bond donors (Lipinski definition) is 0. The van der Waals surface area contributed by atoms with Crippen molar-refractivity contribution in [3.63, 3.8) is 0 Å². The van der Waals surface area contributed by atoms with Gasteiger partial charge in [-0.3, -0.25) is 0 Å². The van der Waals surface area contributed by atoms with E-state index in [9.17, 15) is 0 Å². The summed E-state index contributed by atoms with van der Waals surface area (Å²) in [6.07, 6.45) is 0. The number of rotatable bonds is 5. The number of thiophene rings is 1. The second-order valence-electron chi connectivity index (χ2n) is 14.7. The Labute approximate surface area is 337 Å². The molecule has 0 radical (unpaired) electrons. The summed E-state index contributed by atoms with van der Waals surface area (Å²) in [6, 6.07) is 66.0. The highest BCUT2D eigenvalue weighted by molar-refractivity contribution is 7.26. The molecule has 0 saturated carbocycles. The van der Waals surface area contributed by atoms with E-state index in [1.807, 2.05) is 47.7 Å². The van der Waals surface area contributed by atoms with Gasteiger partial charge in [-0.15, -0.1) is 11.3 Å². The normalized spacial score (nSPS) is 11.8. The minimum atomic E-state index is 0.668. The first-order chi connectivity index (χ1) is 28.7. The summed E-state index contributed by atoms with van der Waals surface area (Å²) in [6.45, 7) is 0. The van der Waals surface area contributed by atoms with Crippen molar-refractivity contribution >= 4 is 75.1 Å². The molecule has 0 N–H and O–H groups in total. The van der Waals surface area contributed by atoms with Crippen LogP contribution >= 0.6 is 11.3 Å². The molecule has 4 heterocycles. The summed E-state index contributed by atoms with van der Waals surface area (Å²) in [5.74, 6) is 0.668. The SMILES string of the molecule is c1ccc(-c2nc(-c3ccc(-c4ccc5nc(-c6ccccc6)c6ccc7sc8ccccc8c7c6c5c4)cc3)cc(-c3cccc4c3oc3ccccc34)n2)cc1. The van der Waals surface area contributed by atoms with Gasteiger partial charge < -0.3 is 4.42 Å². The standard InChI is InChI=1S/C53H31N3OS/c1-3-12-34(13-4-1)51-41-27-29-48-50(40-17-8-10-21-47(40)58-48)49(41)42-30-36(26-28-43(42)54-51)32-22-24-33(25-23-32)44-31-45(56-53(55-44)35-14-5-2-6-15-35)39-19-11-18-38-37-16-7-9-20-46(37)57-52(38)39/h1-31H. The molecular weight excluding hydrogens is 727 g/mol. The van der Waals surface area contributed by atoms with Crippen molar-refractivity contribution in [2.24, 2.45) is 0 Å². The second-order valence-corrected chi connectivity index (χ2v) is 15.8. The topological polar surface area (TPSA) is 51.8 Å². The minimum Gasteiger partial charge on any atom is -0.455 e. The zero-order valence-electron chi connectivity index (χ0n) is 31.1. The Bertz CT molecular complexity index is 3550. The van der Waals surface area contributed by atoms with Crippen molar-refractivity contribution in [3.8, 4) is 56.3 Å². The van der Waals surface area contributed by atoms with Gasteiger partial charge in [-0.2, -0.15) is 0 Å². The van der Waals surface area contributed by atoms with Gasteiger partial charge in [0.2, 0.25) is 0 Å². The van der Waals surface area contributed by atoms with Gasteiger partial charge in [-0.25, -0.2) is 15.0 Å². The van der Waals surface area contributed by atoms with Crippen molar-refractivity contribution in [2.45, 2.75) is 0 Å². The van der Waals surface area contributed by atoms with E-state index in [2.05, 4.69) is 152 Å². The molecule has 4 aromatic heterocycles. The first-order valence-electron chi connectivity index (χ1n) is 19.4. The average molecular weight is 758 g/mol. The molecule has 12 aromatic rings. The van der Waals surface area contributed by atoms with Crippen LogP contribution in [0.15, 0.2) is 192 Å². The number of furan rings is 1. The zero-order valence-corrected chi connectivity index (χ0v) is 31.9. The van der Waals surface area contributed by atoms with Crippen LogP contribution < -0.4 is 0 Å². The van der Waals surface area contributed by atoms with Crippen molar-refractivity contribution < 1.29 is 4.42 Å². The number of aromatic nitrogens is 3. The summed E-state index contributed by atoms with van der Waals surface area (Å²) in [5.41, 5.74) is 11.6. The maximum atomic E-state index is 6.46. The maximum Gasteiger partial charge on any atom is 0.160 e. The fourth-order valence-corrected chi connectivity index (χ4v) is 9.65. The monoisotopic (exact) mass is 757 g/mol. The second kappa shape index (κ2) is 13.1. The molecule has 0 unspecified atom stereocenters. The van der Waals surface area contributed by atoms with Crippen LogP contribution in [0.2, 0.25) is 0 Å². The van der Waals surface area contributed by atoms with Crippen LogP contribution in [0, 0.1) is 0 Å². The van der Waals surface area contributed by atoms with E-state index in [0.29, 0.717) is 5.82 Å². The van der Waals surface area contributed by atoms with Gasteiger partial charge in [0, 0.05) is 69.4 Å². The number of para-hydroxylation sites is 2. The molecule has 5 heteroatoms. The lowest BCUT2D eigenvalue weighted by Crippen LogP contribution is -1.96. The van der Waals surface area contributed by atoms with Crippen LogP contribution in [0.3, 0.4) is 0 Å². The molecule has 8 aromatic carbocycles. The van der Waals surface area contributed by atoms with E-state index in [0.717, 1.165) is 88.7 Å². The zero-order chi connectivity index (χ0) is 38.2. The molecule has 0 saturated heterocycles. The number of pyridine rings is 1. The first-order valence-corrected chi connectivity index (χ1v) is 20.2. The molecule has 0 aliphatic rings. The summed E-state index contributed by atoms with van der Waals surface area (Å²) in [5, 5.41) is 8.30. The van der Waals surface area contributed by atoms with Gasteiger partial charge in [0.1, 0.15) is 11.2 Å². The van der Waals surface area contributed by atoms with Crippen molar-refractivity contribution in [3.05, 3.63) is 188 Å². The van der Waals surface area contributed by atoms with E-state index in [1.54, 1.807) is 0 Å². The Morgan fingerprint density at radius 3 is 1.91 bits per heavy atom. The fraction of sp³-hybridized carbons (Fsp3) is 0. The van der Waals surface area contributed by atoms with Gasteiger partial charge in [-0.05, 0) is 53.6 Å². The number of benzene rings is 8. The van der Waals surface area contributed by atoms with Crippen LogP contribution in [-0.2, 0) is 0 Å². The molecule has 0 aliphatic carbocycles. The van der Waals surface area contributed by atoms with Crippen molar-refractivity contribution in [1.29, 1.82) is 0 Å². The summed E-state index contributed by atoms with van der Waals surface area (Å²) >= 11 is 1.85. The van der Waals surface area contributed by atoms with Crippen LogP contribution in [0.4, 0.5) is 0 Å². The minimum absolute atomic E-state index is 0.668. The largest absolute Gasteiger partial charge is 0.455 e. The summed E-state index contributed by atoms with van der Waals surface area (Å²) < 4.78 is 9.03. The Kier molecular flexibility index (Phi) is 7.37. The molecule has 270 valence electrons. The molecule has 0 fully saturated rings. The Balaban J connectivity index is 1.01. The smallest absolute Gasteiger partial charge is 0.160 e. The predicted octanol–water partition coefficient (Wildman–Crippen LogP) is 14.8. The molecule has 4 nitrogen and oxygen atoms in total. The molecule has 0 spiro atoms. The number of nitrogens with zero attached hydrogens (tertiary/aromatic N) is 3. The maximum absolute atomic E-state index is 6.46. The van der Waals surface area contributed by atoms with E-state index in [1.165, 1.54) is 25.6 Å². The molecular formula is C53H31N3OS. The van der Waals surface area contributed by atoms with Crippen LogP contribution in [0.1, 0.15) is 0 Å². The van der Waals surface area contributed by atoms with Gasteiger partial charge >= 0.3 is 0 Å². The average Bonchev–Trinajstić information content (AvgIpc) is 3.88. The quantitative estimate of drug-likeness (QED) is 0.164. The molecule has 0 aliphatic heterocycles. The molecule has 0 amide bonds. The van der Waals surface area contributed by atoms with Gasteiger partial charge in [0.05, 0.1) is 22.6 Å². The van der Waals surface area contributed by atoms with Crippen LogP contribution in [-0.4, -0.2) is 15.0 Å². The van der Waals surface area contributed by atoms with Crippen LogP contribution in [0.25, 0.3) is 120 Å². The molecule has 12 rings (SSSR count). The van der Waals surface area contributed by atoms with E-state index >= 15 is 0 Å². The highest BCUT2D eigenvalue weighted by Gasteiger charge is 2.19. The van der Waals surface area contributed by atoms with Gasteiger partial charge in [0.25, 0.3) is 0 Å². The number of hydrogen-bond acceptors (Lipinski definition) is 5. The lowest BCUT2D eigenvalue weighted by atomic mass is 9.94. The van der Waals surface area contributed by atoms with E-state index in [-0.39, 0.29) is 0 Å². The lowest BCUT2D eigenvalue weighted by molar-refractivity contribution is 0.670. The van der Waals surface area contributed by atoms with E-state index in [4.69, 9.17) is 19.4 Å². The lowest BCUT2D eigenvalue weighted by Gasteiger charge is -2.13. The fourth-order valence-electron chi connectivity index (χ4n) is 8.54. The summed E-state index contributed by atoms with van der Waals surface area (Å²) in [4.78, 5) is 15.6. The predicted molar refractivity (Wildman–Crippen MR) is 242 cm³/mol. The molecule has 0 bridgehead atoms. The third-order valence-corrected chi connectivity index (χ3v) is 12.4. The summed E-state index contributed by atoms with van der Waals surface area (Å²) in [7, 11) is 0. The number of fused-ring (bicyclic) bond motifs is 10. The first kappa shape index (κ1) is 32.7. The van der Waals surface area contributed by atoms with Gasteiger partial charge in [-0.1, -0.05) is 146 Å². The van der Waals surface area contributed by atoms with Gasteiger partial charge in [0.15, 0.2) is 5.82 Å². The van der Waals surface area contributed by atoms with Crippen molar-refractivity contribution in [2.75, 3.05) is 0 Å². The van der Waals surface area contributed by atoms with Crippen molar-refractivity contribution in [1.82, 2.24) is 15.0 Å². The molecule has 0 atom stereocenters. The molecule has 58 heavy (non-hydrogen) atoms. The Hall–Kier alpha value is -7.47. The van der Waals surface area contributed by atoms with Crippen LogP contribution in [0.5, 0.6) is 0 Å². The Morgan fingerprint density at radius 1 is 0.379 bits per heavy atom. The van der Waals surface area contributed by atoms with E-state index < -0.39 is 0 Å². The third kappa shape index (κ3) is 5.25. The third-order valence-electron chi connectivity index (χ3n) is 11.3.